The van der Waals surface area contributed by atoms with Crippen molar-refractivity contribution >= 4 is 40.2 Å². The van der Waals surface area contributed by atoms with E-state index in [1.165, 1.54) is 31.0 Å². The van der Waals surface area contributed by atoms with Crippen LogP contribution in [0.25, 0.3) is 10.9 Å². The van der Waals surface area contributed by atoms with Gasteiger partial charge in [-0.2, -0.15) is 0 Å². The molecule has 3 rings (SSSR count). The highest BCUT2D eigenvalue weighted by Gasteiger charge is 2.23. The first-order valence-electron chi connectivity index (χ1n) is 9.62. The van der Waals surface area contributed by atoms with Crippen LogP contribution in [-0.4, -0.2) is 27.3 Å². The Labute approximate surface area is 168 Å². The summed E-state index contributed by atoms with van der Waals surface area (Å²) in [5.74, 6) is 0.778. The molecule has 0 aliphatic heterocycles. The Morgan fingerprint density at radius 1 is 1.37 bits per heavy atom. The molecule has 0 unspecified atom stereocenters. The Morgan fingerprint density at radius 2 is 2.15 bits per heavy atom. The van der Waals surface area contributed by atoms with E-state index in [4.69, 9.17) is 11.6 Å². The zero-order valence-corrected chi connectivity index (χ0v) is 17.4. The second kappa shape index (κ2) is 9.11. The fourth-order valence-corrected chi connectivity index (χ4v) is 4.62. The second-order valence-electron chi connectivity index (χ2n) is 7.24. The van der Waals surface area contributed by atoms with Crippen LogP contribution in [0, 0.1) is 5.92 Å². The number of nitrogens with one attached hydrogen (secondary N) is 1. The molecule has 1 heterocycles. The van der Waals surface area contributed by atoms with E-state index < -0.39 is 0 Å². The summed E-state index contributed by atoms with van der Waals surface area (Å²) in [7, 11) is 0. The average molecular weight is 408 g/mol. The first-order valence-corrected chi connectivity index (χ1v) is 11.0. The van der Waals surface area contributed by atoms with Gasteiger partial charge in [0.15, 0.2) is 5.16 Å². The topological polar surface area (TPSA) is 64.0 Å². The summed E-state index contributed by atoms with van der Waals surface area (Å²) < 4.78 is 1.66. The van der Waals surface area contributed by atoms with Crippen LogP contribution in [0.4, 0.5) is 0 Å². The molecule has 27 heavy (non-hydrogen) atoms. The molecule has 1 saturated carbocycles. The van der Waals surface area contributed by atoms with Crippen LogP contribution < -0.4 is 10.9 Å². The van der Waals surface area contributed by atoms with E-state index in [2.05, 4.69) is 17.2 Å². The number of nitrogens with zero attached hydrogens (tertiary/aromatic N) is 2. The number of carbonyl (C=O) groups is 1. The number of carbonyl (C=O) groups excluding carboxylic acids is 1. The number of hydrogen-bond donors (Lipinski definition) is 1. The van der Waals surface area contributed by atoms with Gasteiger partial charge < -0.3 is 5.32 Å². The Morgan fingerprint density at radius 3 is 2.89 bits per heavy atom. The fraction of sp³-hybridized carbons (Fsp3) is 0.550. The van der Waals surface area contributed by atoms with Crippen molar-refractivity contribution in [1.29, 1.82) is 0 Å². The lowest BCUT2D eigenvalue weighted by Gasteiger charge is -2.29. The molecule has 0 saturated heterocycles. The third kappa shape index (κ3) is 4.85. The van der Waals surface area contributed by atoms with Crippen molar-refractivity contribution in [3.63, 3.8) is 0 Å². The van der Waals surface area contributed by atoms with Crippen molar-refractivity contribution in [3.05, 3.63) is 33.6 Å². The van der Waals surface area contributed by atoms with Crippen LogP contribution in [0.2, 0.25) is 5.02 Å². The Hall–Kier alpha value is -1.53. The third-order valence-corrected chi connectivity index (χ3v) is 6.33. The third-order valence-electron chi connectivity index (χ3n) is 5.12. The summed E-state index contributed by atoms with van der Waals surface area (Å²) in [5, 5.41) is 4.83. The quantitative estimate of drug-likeness (QED) is 0.574. The number of rotatable bonds is 6. The van der Waals surface area contributed by atoms with Crippen molar-refractivity contribution in [2.24, 2.45) is 5.92 Å². The monoisotopic (exact) mass is 407 g/mol. The highest BCUT2D eigenvalue weighted by molar-refractivity contribution is 7.99. The molecule has 1 amide bonds. The predicted octanol–water partition coefficient (Wildman–Crippen LogP) is 4.25. The second-order valence-corrected chi connectivity index (χ2v) is 8.62. The fourth-order valence-electron chi connectivity index (χ4n) is 3.61. The van der Waals surface area contributed by atoms with Crippen LogP contribution in [-0.2, 0) is 11.3 Å². The van der Waals surface area contributed by atoms with Gasteiger partial charge in [0.25, 0.3) is 5.56 Å². The minimum absolute atomic E-state index is 0.00207. The molecule has 0 spiro atoms. The van der Waals surface area contributed by atoms with E-state index >= 15 is 0 Å². The summed E-state index contributed by atoms with van der Waals surface area (Å²) in [4.78, 5) is 29.9. The Bertz CT molecular complexity index is 883. The maximum Gasteiger partial charge on any atom is 0.262 e. The molecule has 146 valence electrons. The normalized spacial score (nSPS) is 20.0. The van der Waals surface area contributed by atoms with Gasteiger partial charge in [-0.1, -0.05) is 50.1 Å². The number of thioether (sulfide) groups is 1. The van der Waals surface area contributed by atoms with Crippen LogP contribution in [0.3, 0.4) is 0 Å². The SMILES string of the molecule is CCCn1c(SCC(=O)N[C@@H]2CCCC[C@H]2C)nc2cc(Cl)ccc2c1=O. The number of amides is 1. The van der Waals surface area contributed by atoms with Gasteiger partial charge >= 0.3 is 0 Å². The van der Waals surface area contributed by atoms with Gasteiger partial charge in [-0.3, -0.25) is 14.2 Å². The maximum absolute atomic E-state index is 12.8. The lowest BCUT2D eigenvalue weighted by molar-refractivity contribution is -0.119. The van der Waals surface area contributed by atoms with Gasteiger partial charge in [0, 0.05) is 17.6 Å². The molecule has 1 aliphatic carbocycles. The summed E-state index contributed by atoms with van der Waals surface area (Å²) in [5.41, 5.74) is 0.492. The largest absolute Gasteiger partial charge is 0.352 e. The van der Waals surface area contributed by atoms with E-state index in [-0.39, 0.29) is 23.3 Å². The standard InChI is InChI=1S/C20H26ClN3O2S/c1-3-10-24-19(26)15-9-8-14(21)11-17(15)23-20(24)27-12-18(25)22-16-7-5-4-6-13(16)2/h8-9,11,13,16H,3-7,10,12H2,1-2H3,(H,22,25)/t13-,16-/m1/s1. The van der Waals surface area contributed by atoms with Crippen molar-refractivity contribution < 1.29 is 4.79 Å². The van der Waals surface area contributed by atoms with Crippen LogP contribution in [0.5, 0.6) is 0 Å². The summed E-state index contributed by atoms with van der Waals surface area (Å²) >= 11 is 7.37. The molecule has 7 heteroatoms. The average Bonchev–Trinajstić information content (AvgIpc) is 2.64. The molecule has 0 bridgehead atoms. The van der Waals surface area contributed by atoms with Crippen molar-refractivity contribution in [2.75, 3.05) is 5.75 Å². The van der Waals surface area contributed by atoms with Crippen LogP contribution in [0.15, 0.2) is 28.2 Å². The number of hydrogen-bond acceptors (Lipinski definition) is 4. The number of fused-ring (bicyclic) bond motifs is 1. The van der Waals surface area contributed by atoms with E-state index in [1.807, 2.05) is 6.92 Å². The summed E-state index contributed by atoms with van der Waals surface area (Å²) in [6, 6.07) is 5.37. The van der Waals surface area contributed by atoms with Crippen molar-refractivity contribution in [2.45, 2.75) is 63.7 Å². The minimum atomic E-state index is -0.0812. The molecule has 1 N–H and O–H groups in total. The predicted molar refractivity (Wildman–Crippen MR) is 112 cm³/mol. The molecule has 1 aromatic carbocycles. The van der Waals surface area contributed by atoms with Crippen LogP contribution >= 0.6 is 23.4 Å². The van der Waals surface area contributed by atoms with E-state index in [0.29, 0.717) is 33.5 Å². The van der Waals surface area contributed by atoms with E-state index in [1.54, 1.807) is 22.8 Å². The number of halogens is 1. The number of aromatic nitrogens is 2. The maximum atomic E-state index is 12.8. The van der Waals surface area contributed by atoms with Gasteiger partial charge in [-0.15, -0.1) is 0 Å². The molecule has 1 aromatic heterocycles. The van der Waals surface area contributed by atoms with Crippen LogP contribution in [0.1, 0.15) is 46.0 Å². The van der Waals surface area contributed by atoms with Gasteiger partial charge in [0.05, 0.1) is 16.7 Å². The Balaban J connectivity index is 1.77. The number of benzene rings is 1. The highest BCUT2D eigenvalue weighted by atomic mass is 35.5. The zero-order chi connectivity index (χ0) is 19.4. The van der Waals surface area contributed by atoms with Crippen molar-refractivity contribution in [1.82, 2.24) is 14.9 Å². The van der Waals surface area contributed by atoms with Gasteiger partial charge in [0.1, 0.15) is 0 Å². The Kier molecular flexibility index (Phi) is 6.82. The lowest BCUT2D eigenvalue weighted by Crippen LogP contribution is -2.41. The summed E-state index contributed by atoms with van der Waals surface area (Å²) in [6.07, 6.45) is 5.45. The van der Waals surface area contributed by atoms with E-state index in [9.17, 15) is 9.59 Å². The molecular formula is C20H26ClN3O2S. The molecule has 2 aromatic rings. The molecule has 0 radical (unpaired) electrons. The summed E-state index contributed by atoms with van der Waals surface area (Å²) in [6.45, 7) is 4.79. The minimum Gasteiger partial charge on any atom is -0.352 e. The van der Waals surface area contributed by atoms with Gasteiger partial charge in [0.2, 0.25) is 5.91 Å². The molecule has 5 nitrogen and oxygen atoms in total. The molecule has 2 atom stereocenters. The molecule has 1 aliphatic rings. The first-order chi connectivity index (χ1) is 13.0. The van der Waals surface area contributed by atoms with E-state index in [0.717, 1.165) is 12.8 Å². The smallest absolute Gasteiger partial charge is 0.262 e. The van der Waals surface area contributed by atoms with Crippen molar-refractivity contribution in [3.8, 4) is 0 Å². The van der Waals surface area contributed by atoms with Gasteiger partial charge in [-0.05, 0) is 43.4 Å². The zero-order valence-electron chi connectivity index (χ0n) is 15.8. The molecule has 1 fully saturated rings. The van der Waals surface area contributed by atoms with Gasteiger partial charge in [-0.25, -0.2) is 4.98 Å². The molecular weight excluding hydrogens is 382 g/mol. The first kappa shape index (κ1) is 20.2. The lowest BCUT2D eigenvalue weighted by atomic mass is 9.86. The highest BCUT2D eigenvalue weighted by Crippen LogP contribution is 2.24.